The van der Waals surface area contributed by atoms with Crippen LogP contribution in [-0.4, -0.2) is 23.6 Å². The minimum atomic E-state index is 0.157. The second-order valence-corrected chi connectivity index (χ2v) is 5.62. The van der Waals surface area contributed by atoms with Crippen molar-refractivity contribution in [2.45, 2.75) is 33.4 Å². The lowest BCUT2D eigenvalue weighted by Crippen LogP contribution is -2.24. The van der Waals surface area contributed by atoms with Gasteiger partial charge < -0.3 is 9.47 Å². The number of pyridine rings is 1. The number of hydrogen-bond donors (Lipinski definition) is 0. The van der Waals surface area contributed by atoms with Gasteiger partial charge in [0.25, 0.3) is 0 Å². The molecule has 0 fully saturated rings. The monoisotopic (exact) mass is 258 g/mol. The fourth-order valence-corrected chi connectivity index (χ4v) is 2.62. The van der Waals surface area contributed by atoms with Crippen molar-refractivity contribution in [1.29, 1.82) is 0 Å². The minimum absolute atomic E-state index is 0.157. The van der Waals surface area contributed by atoms with Crippen LogP contribution in [0, 0.1) is 6.92 Å². The molecule has 102 valence electrons. The molecule has 0 N–H and O–H groups in total. The lowest BCUT2D eigenvalue weighted by molar-refractivity contribution is 0.380. The zero-order chi connectivity index (χ0) is 14.2. The molecule has 0 spiro atoms. The number of nitrogens with zero attached hydrogens (tertiary/aromatic N) is 2. The Labute approximate surface area is 114 Å². The second kappa shape index (κ2) is 5.17. The highest BCUT2D eigenvalue weighted by Gasteiger charge is 2.15. The summed E-state index contributed by atoms with van der Waals surface area (Å²) in [6, 6.07) is 8.21. The van der Waals surface area contributed by atoms with Crippen LogP contribution in [0.25, 0.3) is 10.9 Å². The molecule has 1 aromatic heterocycles. The highest BCUT2D eigenvalue weighted by molar-refractivity contribution is 5.80. The van der Waals surface area contributed by atoms with Crippen LogP contribution in [0.1, 0.15) is 31.1 Å². The summed E-state index contributed by atoms with van der Waals surface area (Å²) in [5, 5.41) is 0.816. The summed E-state index contributed by atoms with van der Waals surface area (Å²) in [6.45, 7) is 7.04. The van der Waals surface area contributed by atoms with Crippen LogP contribution in [0.5, 0.6) is 0 Å². The SMILES string of the molecule is Cc1c(CN(C)C)n(C(C)C)c2ccccc2c1=O. The van der Waals surface area contributed by atoms with Crippen molar-refractivity contribution in [2.75, 3.05) is 14.1 Å². The van der Waals surface area contributed by atoms with Crippen LogP contribution in [0.2, 0.25) is 0 Å². The Morgan fingerprint density at radius 2 is 1.84 bits per heavy atom. The van der Waals surface area contributed by atoms with Gasteiger partial charge in [-0.15, -0.1) is 0 Å². The first-order valence-corrected chi connectivity index (χ1v) is 6.71. The molecule has 2 rings (SSSR count). The third-order valence-corrected chi connectivity index (χ3v) is 3.45. The standard InChI is InChI=1S/C16H22N2O/c1-11(2)18-14-9-7-6-8-13(14)16(19)12(3)15(18)10-17(4)5/h6-9,11H,10H2,1-5H3. The molecular weight excluding hydrogens is 236 g/mol. The van der Waals surface area contributed by atoms with Crippen LogP contribution in [0.3, 0.4) is 0 Å². The summed E-state index contributed by atoms with van der Waals surface area (Å²) in [6.07, 6.45) is 0. The molecule has 0 saturated carbocycles. The summed E-state index contributed by atoms with van der Waals surface area (Å²) >= 11 is 0. The van der Waals surface area contributed by atoms with Gasteiger partial charge in [-0.05, 0) is 47.0 Å². The molecule has 19 heavy (non-hydrogen) atoms. The summed E-state index contributed by atoms with van der Waals surface area (Å²) in [7, 11) is 4.06. The molecule has 0 atom stereocenters. The lowest BCUT2D eigenvalue weighted by Gasteiger charge is -2.24. The number of para-hydroxylation sites is 1. The fraction of sp³-hybridized carbons (Fsp3) is 0.438. The summed E-state index contributed by atoms with van der Waals surface area (Å²) in [5.74, 6) is 0. The van der Waals surface area contributed by atoms with E-state index >= 15 is 0 Å². The first-order valence-electron chi connectivity index (χ1n) is 6.71. The normalized spacial score (nSPS) is 11.7. The Kier molecular flexibility index (Phi) is 3.76. The molecule has 0 unspecified atom stereocenters. The van der Waals surface area contributed by atoms with Crippen molar-refractivity contribution >= 4 is 10.9 Å². The molecular formula is C16H22N2O. The van der Waals surface area contributed by atoms with Gasteiger partial charge in [0.2, 0.25) is 0 Å². The van der Waals surface area contributed by atoms with Crippen molar-refractivity contribution in [3.8, 4) is 0 Å². The largest absolute Gasteiger partial charge is 0.340 e. The van der Waals surface area contributed by atoms with E-state index in [0.29, 0.717) is 6.04 Å². The Balaban J connectivity index is 2.89. The first kappa shape index (κ1) is 13.8. The van der Waals surface area contributed by atoms with Gasteiger partial charge in [-0.3, -0.25) is 4.79 Å². The maximum atomic E-state index is 12.5. The van der Waals surface area contributed by atoms with Crippen molar-refractivity contribution in [3.05, 3.63) is 45.7 Å². The zero-order valence-corrected chi connectivity index (χ0v) is 12.4. The molecule has 1 aromatic carbocycles. The van der Waals surface area contributed by atoms with E-state index in [1.807, 2.05) is 45.3 Å². The predicted molar refractivity (Wildman–Crippen MR) is 80.7 cm³/mol. The first-order chi connectivity index (χ1) is 8.93. The van der Waals surface area contributed by atoms with Crippen LogP contribution in [-0.2, 0) is 6.54 Å². The van der Waals surface area contributed by atoms with Crippen molar-refractivity contribution < 1.29 is 0 Å². The topological polar surface area (TPSA) is 25.2 Å². The van der Waals surface area contributed by atoms with Crippen molar-refractivity contribution in [2.24, 2.45) is 0 Å². The van der Waals surface area contributed by atoms with E-state index in [9.17, 15) is 4.79 Å². The Morgan fingerprint density at radius 3 is 2.42 bits per heavy atom. The van der Waals surface area contributed by atoms with E-state index in [2.05, 4.69) is 23.3 Å². The van der Waals surface area contributed by atoms with Crippen LogP contribution in [0.4, 0.5) is 0 Å². The number of benzene rings is 1. The molecule has 0 aliphatic carbocycles. The third-order valence-electron chi connectivity index (χ3n) is 3.45. The number of rotatable bonds is 3. The van der Waals surface area contributed by atoms with E-state index in [1.165, 1.54) is 0 Å². The summed E-state index contributed by atoms with van der Waals surface area (Å²) < 4.78 is 2.28. The lowest BCUT2D eigenvalue weighted by atomic mass is 10.1. The zero-order valence-electron chi connectivity index (χ0n) is 12.4. The van der Waals surface area contributed by atoms with Crippen LogP contribution < -0.4 is 5.43 Å². The van der Waals surface area contributed by atoms with Gasteiger partial charge in [-0.25, -0.2) is 0 Å². The van der Waals surface area contributed by atoms with E-state index in [4.69, 9.17) is 0 Å². The maximum absolute atomic E-state index is 12.5. The molecule has 1 heterocycles. The number of hydrogen-bond acceptors (Lipinski definition) is 2. The molecule has 3 heteroatoms. The summed E-state index contributed by atoms with van der Waals surface area (Å²) in [5.41, 5.74) is 3.17. The van der Waals surface area contributed by atoms with E-state index in [1.54, 1.807) is 0 Å². The van der Waals surface area contributed by atoms with E-state index in [-0.39, 0.29) is 5.43 Å². The molecule has 0 amide bonds. The van der Waals surface area contributed by atoms with E-state index < -0.39 is 0 Å². The fourth-order valence-electron chi connectivity index (χ4n) is 2.62. The van der Waals surface area contributed by atoms with Crippen LogP contribution in [0.15, 0.2) is 29.1 Å². The molecule has 0 aliphatic heterocycles. The Bertz CT molecular complexity index is 654. The van der Waals surface area contributed by atoms with Crippen molar-refractivity contribution in [3.63, 3.8) is 0 Å². The third kappa shape index (κ3) is 2.43. The minimum Gasteiger partial charge on any atom is -0.340 e. The van der Waals surface area contributed by atoms with Gasteiger partial charge in [0, 0.05) is 29.2 Å². The molecule has 0 saturated heterocycles. The predicted octanol–water partition coefficient (Wildman–Crippen LogP) is 2.95. The summed E-state index contributed by atoms with van der Waals surface area (Å²) in [4.78, 5) is 14.6. The van der Waals surface area contributed by atoms with Gasteiger partial charge in [0.15, 0.2) is 5.43 Å². The van der Waals surface area contributed by atoms with Gasteiger partial charge in [0.05, 0.1) is 5.52 Å². The smallest absolute Gasteiger partial charge is 0.192 e. The van der Waals surface area contributed by atoms with Crippen molar-refractivity contribution in [1.82, 2.24) is 9.47 Å². The van der Waals surface area contributed by atoms with Crippen LogP contribution >= 0.6 is 0 Å². The molecule has 3 nitrogen and oxygen atoms in total. The second-order valence-electron chi connectivity index (χ2n) is 5.62. The average molecular weight is 258 g/mol. The molecule has 0 aliphatic rings. The molecule has 0 radical (unpaired) electrons. The quantitative estimate of drug-likeness (QED) is 0.845. The van der Waals surface area contributed by atoms with E-state index in [0.717, 1.165) is 28.7 Å². The highest BCUT2D eigenvalue weighted by Crippen LogP contribution is 2.21. The maximum Gasteiger partial charge on any atom is 0.192 e. The Morgan fingerprint density at radius 1 is 1.21 bits per heavy atom. The molecule has 0 bridgehead atoms. The number of fused-ring (bicyclic) bond motifs is 1. The number of aromatic nitrogens is 1. The average Bonchev–Trinajstić information content (AvgIpc) is 2.35. The van der Waals surface area contributed by atoms with Gasteiger partial charge in [-0.2, -0.15) is 0 Å². The van der Waals surface area contributed by atoms with Gasteiger partial charge >= 0.3 is 0 Å². The Hall–Kier alpha value is -1.61. The van der Waals surface area contributed by atoms with Gasteiger partial charge in [0.1, 0.15) is 0 Å². The molecule has 2 aromatic rings. The van der Waals surface area contributed by atoms with Gasteiger partial charge in [-0.1, -0.05) is 12.1 Å². The highest BCUT2D eigenvalue weighted by atomic mass is 16.1.